The van der Waals surface area contributed by atoms with Gasteiger partial charge in [-0.3, -0.25) is 14.6 Å². The van der Waals surface area contributed by atoms with E-state index in [2.05, 4.69) is 39.4 Å². The van der Waals surface area contributed by atoms with Crippen LogP contribution in [0.25, 0.3) is 0 Å². The van der Waals surface area contributed by atoms with Gasteiger partial charge in [-0.15, -0.1) is 0 Å². The minimum absolute atomic E-state index is 0.111. The molecule has 2 aromatic carbocycles. The Morgan fingerprint density at radius 3 is 2.32 bits per heavy atom. The van der Waals surface area contributed by atoms with Gasteiger partial charge in [0.2, 0.25) is 5.91 Å². The van der Waals surface area contributed by atoms with E-state index >= 15 is 0 Å². The lowest BCUT2D eigenvalue weighted by molar-refractivity contribution is -0.124. The molecule has 1 aliphatic carbocycles. The first-order valence-electron chi connectivity index (χ1n) is 12.4. The van der Waals surface area contributed by atoms with Crippen LogP contribution in [-0.2, 0) is 16.9 Å². The predicted molar refractivity (Wildman–Crippen MR) is 130 cm³/mol. The summed E-state index contributed by atoms with van der Waals surface area (Å²) >= 11 is 0. The SMILES string of the molecule is COc1ccc(CN2CCN(CC(=O)NC3(c4ccc5c(c4)OCCO5)CCCC3)CC2)cc1. The number of methoxy groups -OCH3 is 1. The van der Waals surface area contributed by atoms with Crippen molar-refractivity contribution >= 4 is 5.91 Å². The molecule has 3 aliphatic rings. The lowest BCUT2D eigenvalue weighted by Gasteiger charge is -2.36. The van der Waals surface area contributed by atoms with Gasteiger partial charge in [0.25, 0.3) is 0 Å². The van der Waals surface area contributed by atoms with Crippen LogP contribution in [0, 0.1) is 0 Å². The maximum Gasteiger partial charge on any atom is 0.234 e. The first-order chi connectivity index (χ1) is 16.6. The minimum atomic E-state index is -0.302. The van der Waals surface area contributed by atoms with Crippen molar-refractivity contribution in [3.05, 3.63) is 53.6 Å². The Hall–Kier alpha value is -2.77. The van der Waals surface area contributed by atoms with E-state index in [1.54, 1.807) is 7.11 Å². The van der Waals surface area contributed by atoms with Gasteiger partial charge in [0.1, 0.15) is 19.0 Å². The normalized spacial score (nSPS) is 20.1. The number of rotatable bonds is 7. The molecule has 1 saturated heterocycles. The Kier molecular flexibility index (Phi) is 6.92. The highest BCUT2D eigenvalue weighted by molar-refractivity contribution is 5.79. The number of hydrogen-bond acceptors (Lipinski definition) is 6. The van der Waals surface area contributed by atoms with Crippen LogP contribution in [0.4, 0.5) is 0 Å². The number of ether oxygens (including phenoxy) is 3. The summed E-state index contributed by atoms with van der Waals surface area (Å²) in [6.07, 6.45) is 4.18. The van der Waals surface area contributed by atoms with E-state index in [9.17, 15) is 4.79 Å². The highest BCUT2D eigenvalue weighted by atomic mass is 16.6. The molecule has 7 nitrogen and oxygen atoms in total. The van der Waals surface area contributed by atoms with Crippen molar-refractivity contribution in [1.29, 1.82) is 0 Å². The molecular formula is C27H35N3O4. The van der Waals surface area contributed by atoms with Gasteiger partial charge < -0.3 is 19.5 Å². The summed E-state index contributed by atoms with van der Waals surface area (Å²) in [4.78, 5) is 17.9. The van der Waals surface area contributed by atoms with Gasteiger partial charge in [0, 0.05) is 32.7 Å². The fourth-order valence-electron chi connectivity index (χ4n) is 5.41. The number of benzene rings is 2. The lowest BCUT2D eigenvalue weighted by atomic mass is 9.87. The van der Waals surface area contributed by atoms with Crippen molar-refractivity contribution in [3.8, 4) is 17.2 Å². The van der Waals surface area contributed by atoms with E-state index in [4.69, 9.17) is 14.2 Å². The molecule has 5 rings (SSSR count). The second kappa shape index (κ2) is 10.2. The third-order valence-corrected chi connectivity index (χ3v) is 7.33. The number of nitrogens with zero attached hydrogens (tertiary/aromatic N) is 2. The topological polar surface area (TPSA) is 63.3 Å². The van der Waals surface area contributed by atoms with Crippen LogP contribution in [0.1, 0.15) is 36.8 Å². The van der Waals surface area contributed by atoms with Gasteiger partial charge in [-0.05, 0) is 48.2 Å². The van der Waals surface area contributed by atoms with Crippen LogP contribution in [0.15, 0.2) is 42.5 Å². The fraction of sp³-hybridized carbons (Fsp3) is 0.519. The quantitative estimate of drug-likeness (QED) is 0.678. The van der Waals surface area contributed by atoms with E-state index in [1.807, 2.05) is 18.2 Å². The second-order valence-electron chi connectivity index (χ2n) is 9.60. The maximum atomic E-state index is 13.1. The second-order valence-corrected chi connectivity index (χ2v) is 9.60. The molecule has 0 unspecified atom stereocenters. The number of fused-ring (bicyclic) bond motifs is 1. The number of carbonyl (C=O) groups is 1. The van der Waals surface area contributed by atoms with E-state index < -0.39 is 0 Å². The fourth-order valence-corrected chi connectivity index (χ4v) is 5.41. The Labute approximate surface area is 202 Å². The molecule has 34 heavy (non-hydrogen) atoms. The molecule has 1 amide bonds. The van der Waals surface area contributed by atoms with Crippen LogP contribution in [0.5, 0.6) is 17.2 Å². The molecule has 0 radical (unpaired) electrons. The average Bonchev–Trinajstić information content (AvgIpc) is 3.35. The molecule has 2 heterocycles. The van der Waals surface area contributed by atoms with Gasteiger partial charge in [-0.1, -0.05) is 31.0 Å². The van der Waals surface area contributed by atoms with Gasteiger partial charge in [-0.2, -0.15) is 0 Å². The minimum Gasteiger partial charge on any atom is -0.497 e. The first-order valence-corrected chi connectivity index (χ1v) is 12.4. The smallest absolute Gasteiger partial charge is 0.234 e. The molecule has 7 heteroatoms. The van der Waals surface area contributed by atoms with Crippen molar-refractivity contribution in [2.45, 2.75) is 37.8 Å². The highest BCUT2D eigenvalue weighted by Gasteiger charge is 2.38. The summed E-state index contributed by atoms with van der Waals surface area (Å²) in [5.41, 5.74) is 2.12. The van der Waals surface area contributed by atoms with Crippen LogP contribution in [-0.4, -0.2) is 68.8 Å². The zero-order valence-corrected chi connectivity index (χ0v) is 20.1. The molecule has 182 valence electrons. The number of nitrogens with one attached hydrogen (secondary N) is 1. The highest BCUT2D eigenvalue weighted by Crippen LogP contribution is 2.42. The summed E-state index contributed by atoms with van der Waals surface area (Å²) in [5.74, 6) is 2.58. The van der Waals surface area contributed by atoms with Crippen molar-refractivity contribution in [1.82, 2.24) is 15.1 Å². The summed E-state index contributed by atoms with van der Waals surface area (Å²) < 4.78 is 16.7. The zero-order valence-electron chi connectivity index (χ0n) is 20.1. The number of piperazine rings is 1. The average molecular weight is 466 g/mol. The maximum absolute atomic E-state index is 13.1. The van der Waals surface area contributed by atoms with E-state index in [0.29, 0.717) is 19.8 Å². The third kappa shape index (κ3) is 5.15. The molecule has 1 saturated carbocycles. The molecule has 0 atom stereocenters. The molecule has 0 aromatic heterocycles. The summed E-state index contributed by atoms with van der Waals surface area (Å²) in [7, 11) is 1.69. The molecular weight excluding hydrogens is 430 g/mol. The predicted octanol–water partition coefficient (Wildman–Crippen LogP) is 3.17. The van der Waals surface area contributed by atoms with Gasteiger partial charge in [0.05, 0.1) is 19.2 Å². The van der Waals surface area contributed by atoms with Gasteiger partial charge in [-0.25, -0.2) is 0 Å². The Bertz CT molecular complexity index is 980. The Morgan fingerprint density at radius 1 is 0.941 bits per heavy atom. The zero-order chi connectivity index (χ0) is 23.4. The Balaban J connectivity index is 1.15. The molecule has 2 fully saturated rings. The van der Waals surface area contributed by atoms with E-state index in [0.717, 1.165) is 81.2 Å². The molecule has 0 spiro atoms. The standard InChI is InChI=1S/C27H35N3O4/c1-32-23-7-4-21(5-8-23)19-29-12-14-30(15-13-29)20-26(31)28-27(10-2-3-11-27)22-6-9-24-25(18-22)34-17-16-33-24/h4-9,18H,2-3,10-17,19-20H2,1H3,(H,28,31). The monoisotopic (exact) mass is 465 g/mol. The molecule has 2 aromatic rings. The number of hydrogen-bond donors (Lipinski definition) is 1. The summed E-state index contributed by atoms with van der Waals surface area (Å²) in [6.45, 7) is 6.27. The van der Waals surface area contributed by atoms with E-state index in [1.165, 1.54) is 5.56 Å². The van der Waals surface area contributed by atoms with Crippen molar-refractivity contribution in [2.75, 3.05) is 53.0 Å². The van der Waals surface area contributed by atoms with Gasteiger partial charge >= 0.3 is 0 Å². The largest absolute Gasteiger partial charge is 0.497 e. The van der Waals surface area contributed by atoms with Crippen LogP contribution in [0.3, 0.4) is 0 Å². The number of carbonyl (C=O) groups excluding carboxylic acids is 1. The number of amides is 1. The van der Waals surface area contributed by atoms with Crippen molar-refractivity contribution < 1.29 is 19.0 Å². The summed E-state index contributed by atoms with van der Waals surface area (Å²) in [6, 6.07) is 14.4. The lowest BCUT2D eigenvalue weighted by Crippen LogP contribution is -2.52. The van der Waals surface area contributed by atoms with E-state index in [-0.39, 0.29) is 11.4 Å². The van der Waals surface area contributed by atoms with Crippen molar-refractivity contribution in [2.24, 2.45) is 0 Å². The first kappa shape index (κ1) is 23.0. The van der Waals surface area contributed by atoms with Crippen molar-refractivity contribution in [3.63, 3.8) is 0 Å². The van der Waals surface area contributed by atoms with Gasteiger partial charge in [0.15, 0.2) is 11.5 Å². The van der Waals surface area contributed by atoms with Crippen LogP contribution in [0.2, 0.25) is 0 Å². The third-order valence-electron chi connectivity index (χ3n) is 7.33. The molecule has 2 aliphatic heterocycles. The molecule has 1 N–H and O–H groups in total. The van der Waals surface area contributed by atoms with Crippen LogP contribution >= 0.6 is 0 Å². The Morgan fingerprint density at radius 2 is 1.62 bits per heavy atom. The van der Waals surface area contributed by atoms with Crippen LogP contribution < -0.4 is 19.5 Å². The summed E-state index contributed by atoms with van der Waals surface area (Å²) in [5, 5.41) is 3.42. The molecule has 0 bridgehead atoms.